The Kier molecular flexibility index (Phi) is 4.30. The lowest BCUT2D eigenvalue weighted by Gasteiger charge is -2.35. The molecule has 1 fully saturated rings. The minimum atomic E-state index is -1.45. The van der Waals surface area contributed by atoms with E-state index in [-0.39, 0.29) is 19.3 Å². The molecule has 0 spiro atoms. The highest BCUT2D eigenvalue weighted by Gasteiger charge is 2.37. The molecular weight excluding hydrogens is 191 g/mol. The molecule has 0 aromatic rings. The number of rotatable bonds is 3. The third-order valence-corrected chi connectivity index (χ3v) is 2.32. The van der Waals surface area contributed by atoms with Crippen molar-refractivity contribution in [1.29, 1.82) is 0 Å². The van der Waals surface area contributed by atoms with E-state index >= 15 is 0 Å². The van der Waals surface area contributed by atoms with Gasteiger partial charge in [0.1, 0.15) is 18.3 Å². The van der Waals surface area contributed by atoms with Gasteiger partial charge in [0.2, 0.25) is 0 Å². The molecule has 6 nitrogen and oxygen atoms in total. The molecule has 0 amide bonds. The van der Waals surface area contributed by atoms with Crippen LogP contribution in [0, 0.1) is 0 Å². The van der Waals surface area contributed by atoms with Gasteiger partial charge in [-0.3, -0.25) is 0 Å². The second kappa shape index (κ2) is 5.06. The Bertz CT molecular complexity index is 178. The second-order valence-electron chi connectivity index (χ2n) is 3.48. The summed E-state index contributed by atoms with van der Waals surface area (Å²) in [6.45, 7) is -0.0512. The minimum Gasteiger partial charge on any atom is -0.427 e. The first-order valence-electron chi connectivity index (χ1n) is 4.54. The van der Waals surface area contributed by atoms with Crippen LogP contribution in [0.1, 0.15) is 6.42 Å². The zero-order valence-electron chi connectivity index (χ0n) is 7.65. The van der Waals surface area contributed by atoms with E-state index in [2.05, 4.69) is 0 Å². The molecule has 1 aliphatic rings. The van der Waals surface area contributed by atoms with Crippen LogP contribution in [0.2, 0.25) is 6.32 Å². The molecule has 14 heavy (non-hydrogen) atoms. The quantitative estimate of drug-likeness (QED) is 0.322. The number of aliphatic hydroxyl groups excluding tert-OH is 3. The highest BCUT2D eigenvalue weighted by Crippen LogP contribution is 2.19. The van der Waals surface area contributed by atoms with Crippen molar-refractivity contribution in [2.45, 2.75) is 37.2 Å². The van der Waals surface area contributed by atoms with Gasteiger partial charge in [-0.2, -0.15) is 0 Å². The Morgan fingerprint density at radius 2 is 1.79 bits per heavy atom. The lowest BCUT2D eigenvalue weighted by Crippen LogP contribution is -2.52. The monoisotopic (exact) mass is 206 g/mol. The SMILES string of the molecule is OB(O)CC[C@H]1OC[C@H](O)[C@@H](O)[C@@H]1O. The van der Waals surface area contributed by atoms with Crippen LogP contribution >= 0.6 is 0 Å². The van der Waals surface area contributed by atoms with Gasteiger partial charge >= 0.3 is 7.12 Å². The van der Waals surface area contributed by atoms with Crippen LogP contribution in [0.5, 0.6) is 0 Å². The molecule has 0 bridgehead atoms. The molecular formula is C7H15BO6. The molecule has 0 unspecified atom stereocenters. The van der Waals surface area contributed by atoms with E-state index < -0.39 is 31.5 Å². The van der Waals surface area contributed by atoms with Crippen molar-refractivity contribution >= 4 is 7.12 Å². The van der Waals surface area contributed by atoms with Crippen molar-refractivity contribution in [3.63, 3.8) is 0 Å². The summed E-state index contributed by atoms with van der Waals surface area (Å²) in [6, 6.07) is 0. The summed E-state index contributed by atoms with van der Waals surface area (Å²) in [7, 11) is -1.45. The number of ether oxygens (including phenoxy) is 1. The van der Waals surface area contributed by atoms with Crippen molar-refractivity contribution < 1.29 is 30.1 Å². The lowest BCUT2D eigenvalue weighted by molar-refractivity contribution is -0.187. The van der Waals surface area contributed by atoms with Crippen molar-refractivity contribution in [3.8, 4) is 0 Å². The molecule has 82 valence electrons. The van der Waals surface area contributed by atoms with Crippen LogP contribution in [0.25, 0.3) is 0 Å². The van der Waals surface area contributed by atoms with Crippen molar-refractivity contribution in [1.82, 2.24) is 0 Å². The summed E-state index contributed by atoms with van der Waals surface area (Å²) in [5.41, 5.74) is 0. The molecule has 1 saturated heterocycles. The van der Waals surface area contributed by atoms with Crippen LogP contribution < -0.4 is 0 Å². The Hall–Kier alpha value is -0.175. The fraction of sp³-hybridized carbons (Fsp3) is 1.00. The summed E-state index contributed by atoms with van der Waals surface area (Å²) in [4.78, 5) is 0. The van der Waals surface area contributed by atoms with Gasteiger partial charge < -0.3 is 30.1 Å². The summed E-state index contributed by atoms with van der Waals surface area (Å²) >= 11 is 0. The normalized spacial score (nSPS) is 38.4. The molecule has 4 atom stereocenters. The van der Waals surface area contributed by atoms with Crippen LogP contribution in [-0.2, 0) is 4.74 Å². The van der Waals surface area contributed by atoms with Gasteiger partial charge in [0.25, 0.3) is 0 Å². The van der Waals surface area contributed by atoms with E-state index in [4.69, 9.17) is 19.9 Å². The maximum absolute atomic E-state index is 9.42. The molecule has 1 rings (SSSR count). The molecule has 5 N–H and O–H groups in total. The molecule has 1 heterocycles. The molecule has 0 radical (unpaired) electrons. The van der Waals surface area contributed by atoms with Gasteiger partial charge in [0.05, 0.1) is 12.7 Å². The van der Waals surface area contributed by atoms with Crippen molar-refractivity contribution in [2.24, 2.45) is 0 Å². The average molecular weight is 206 g/mol. The van der Waals surface area contributed by atoms with E-state index in [1.807, 2.05) is 0 Å². The van der Waals surface area contributed by atoms with Gasteiger partial charge in [0, 0.05) is 0 Å². The van der Waals surface area contributed by atoms with E-state index in [0.29, 0.717) is 0 Å². The Morgan fingerprint density at radius 3 is 2.36 bits per heavy atom. The Labute approximate surface area is 81.9 Å². The van der Waals surface area contributed by atoms with Crippen LogP contribution in [0.15, 0.2) is 0 Å². The molecule has 0 saturated carbocycles. The number of aliphatic hydroxyl groups is 3. The van der Waals surface area contributed by atoms with Gasteiger partial charge in [-0.15, -0.1) is 0 Å². The summed E-state index contributed by atoms with van der Waals surface area (Å²) in [5, 5.41) is 45.0. The molecule has 0 aromatic carbocycles. The average Bonchev–Trinajstić information content (AvgIpc) is 2.13. The van der Waals surface area contributed by atoms with Gasteiger partial charge in [-0.25, -0.2) is 0 Å². The fourth-order valence-corrected chi connectivity index (χ4v) is 1.43. The maximum atomic E-state index is 9.42. The van der Waals surface area contributed by atoms with Gasteiger partial charge in [-0.1, -0.05) is 0 Å². The predicted octanol–water partition coefficient (Wildman–Crippen LogP) is -2.67. The van der Waals surface area contributed by atoms with Crippen LogP contribution in [0.4, 0.5) is 0 Å². The lowest BCUT2D eigenvalue weighted by atomic mass is 9.81. The fourth-order valence-electron chi connectivity index (χ4n) is 1.43. The van der Waals surface area contributed by atoms with Gasteiger partial charge in [0.15, 0.2) is 0 Å². The first-order chi connectivity index (χ1) is 6.52. The van der Waals surface area contributed by atoms with Crippen molar-refractivity contribution in [3.05, 3.63) is 0 Å². The number of hydrogen-bond acceptors (Lipinski definition) is 6. The third-order valence-electron chi connectivity index (χ3n) is 2.32. The number of hydrogen-bond donors (Lipinski definition) is 5. The topological polar surface area (TPSA) is 110 Å². The van der Waals surface area contributed by atoms with Crippen LogP contribution in [0.3, 0.4) is 0 Å². The highest BCUT2D eigenvalue weighted by atomic mass is 16.5. The highest BCUT2D eigenvalue weighted by molar-refractivity contribution is 6.40. The predicted molar refractivity (Wildman–Crippen MR) is 47.4 cm³/mol. The zero-order valence-corrected chi connectivity index (χ0v) is 7.65. The first-order valence-corrected chi connectivity index (χ1v) is 4.54. The molecule has 1 aliphatic heterocycles. The van der Waals surface area contributed by atoms with Crippen molar-refractivity contribution in [2.75, 3.05) is 6.61 Å². The molecule has 0 aliphatic carbocycles. The largest absolute Gasteiger partial charge is 0.451 e. The summed E-state index contributed by atoms with van der Waals surface area (Å²) < 4.78 is 5.04. The third kappa shape index (κ3) is 2.91. The van der Waals surface area contributed by atoms with Gasteiger partial charge in [-0.05, 0) is 12.7 Å². The van der Waals surface area contributed by atoms with E-state index in [1.54, 1.807) is 0 Å². The first kappa shape index (κ1) is 11.9. The Morgan fingerprint density at radius 1 is 1.14 bits per heavy atom. The summed E-state index contributed by atoms with van der Waals surface area (Å²) in [6.07, 6.45) is -3.87. The second-order valence-corrected chi connectivity index (χ2v) is 3.48. The van der Waals surface area contributed by atoms with Crippen LogP contribution in [-0.4, -0.2) is 63.5 Å². The molecule has 0 aromatic heterocycles. The Balaban J connectivity index is 2.39. The maximum Gasteiger partial charge on any atom is 0.451 e. The zero-order chi connectivity index (χ0) is 10.7. The smallest absolute Gasteiger partial charge is 0.427 e. The van der Waals surface area contributed by atoms with E-state index in [9.17, 15) is 10.2 Å². The minimum absolute atomic E-state index is 0.0512. The molecule has 7 heteroatoms. The summed E-state index contributed by atoms with van der Waals surface area (Å²) in [5.74, 6) is 0. The van der Waals surface area contributed by atoms with E-state index in [0.717, 1.165) is 0 Å². The van der Waals surface area contributed by atoms with E-state index in [1.165, 1.54) is 0 Å². The standard InChI is InChI=1S/C7H15BO6/c9-4-3-14-5(1-2-8(12)13)7(11)6(4)10/h4-7,9-13H,1-3H2/t4-,5+,6+,7+/m0/s1.